The Labute approximate surface area is 124 Å². The molecule has 0 saturated carbocycles. The standard InChI is InChI=1S/C18H18O3/c1-12-6-8-14(9-7-12)18(19)16-4-3-5-17(13(16)2)21-11-15-10-20-15/h3-9,15H,10-11H2,1-2H3. The topological polar surface area (TPSA) is 38.8 Å². The second-order valence-electron chi connectivity index (χ2n) is 5.39. The van der Waals surface area contributed by atoms with Gasteiger partial charge in [0.2, 0.25) is 0 Å². The third-order valence-corrected chi connectivity index (χ3v) is 3.67. The number of epoxide rings is 1. The molecule has 3 rings (SSSR count). The Balaban J connectivity index is 1.84. The zero-order valence-corrected chi connectivity index (χ0v) is 12.3. The zero-order valence-electron chi connectivity index (χ0n) is 12.3. The Morgan fingerprint density at radius 2 is 1.90 bits per heavy atom. The summed E-state index contributed by atoms with van der Waals surface area (Å²) in [5.41, 5.74) is 3.41. The summed E-state index contributed by atoms with van der Waals surface area (Å²) in [4.78, 5) is 12.6. The van der Waals surface area contributed by atoms with Crippen molar-refractivity contribution in [2.45, 2.75) is 20.0 Å². The summed E-state index contributed by atoms with van der Waals surface area (Å²) in [6.07, 6.45) is 0.209. The quantitative estimate of drug-likeness (QED) is 0.624. The number of hydrogen-bond acceptors (Lipinski definition) is 3. The van der Waals surface area contributed by atoms with Gasteiger partial charge >= 0.3 is 0 Å². The van der Waals surface area contributed by atoms with Crippen LogP contribution in [0.25, 0.3) is 0 Å². The van der Waals surface area contributed by atoms with Gasteiger partial charge in [0, 0.05) is 16.7 Å². The van der Waals surface area contributed by atoms with Crippen LogP contribution >= 0.6 is 0 Å². The molecule has 0 radical (unpaired) electrons. The van der Waals surface area contributed by atoms with Gasteiger partial charge in [0.25, 0.3) is 0 Å². The summed E-state index contributed by atoms with van der Waals surface area (Å²) in [6, 6.07) is 13.2. The molecular formula is C18H18O3. The molecule has 1 heterocycles. The Kier molecular flexibility index (Phi) is 3.76. The number of benzene rings is 2. The molecule has 21 heavy (non-hydrogen) atoms. The molecule has 1 saturated heterocycles. The minimum Gasteiger partial charge on any atom is -0.490 e. The van der Waals surface area contributed by atoms with Crippen molar-refractivity contribution in [1.82, 2.24) is 0 Å². The molecule has 1 aliphatic rings. The van der Waals surface area contributed by atoms with E-state index in [1.165, 1.54) is 0 Å². The highest BCUT2D eigenvalue weighted by Gasteiger charge is 2.23. The lowest BCUT2D eigenvalue weighted by atomic mass is 9.98. The van der Waals surface area contributed by atoms with Crippen LogP contribution in [0.3, 0.4) is 0 Å². The maximum absolute atomic E-state index is 12.6. The molecule has 0 amide bonds. The smallest absolute Gasteiger partial charge is 0.193 e. The van der Waals surface area contributed by atoms with Crippen molar-refractivity contribution in [3.8, 4) is 5.75 Å². The van der Waals surface area contributed by atoms with Crippen molar-refractivity contribution >= 4 is 5.78 Å². The fourth-order valence-electron chi connectivity index (χ4n) is 2.22. The van der Waals surface area contributed by atoms with Gasteiger partial charge in [-0.1, -0.05) is 42.0 Å². The van der Waals surface area contributed by atoms with Crippen molar-refractivity contribution < 1.29 is 14.3 Å². The number of carbonyl (C=O) groups excluding carboxylic acids is 1. The second kappa shape index (κ2) is 5.70. The Hall–Kier alpha value is -2.13. The number of hydrogen-bond donors (Lipinski definition) is 0. The summed E-state index contributed by atoms with van der Waals surface area (Å²) in [7, 11) is 0. The molecule has 0 N–H and O–H groups in total. The van der Waals surface area contributed by atoms with Crippen molar-refractivity contribution in [3.05, 3.63) is 64.7 Å². The molecule has 1 atom stereocenters. The first kappa shape index (κ1) is 13.8. The number of ether oxygens (including phenoxy) is 2. The van der Waals surface area contributed by atoms with E-state index in [2.05, 4.69) is 0 Å². The van der Waals surface area contributed by atoms with Crippen LogP contribution in [0.15, 0.2) is 42.5 Å². The van der Waals surface area contributed by atoms with Crippen molar-refractivity contribution in [2.75, 3.05) is 13.2 Å². The molecule has 108 valence electrons. The molecule has 0 aromatic heterocycles. The lowest BCUT2D eigenvalue weighted by molar-refractivity contribution is 0.103. The average molecular weight is 282 g/mol. The van der Waals surface area contributed by atoms with E-state index < -0.39 is 0 Å². The van der Waals surface area contributed by atoms with Crippen molar-refractivity contribution in [2.24, 2.45) is 0 Å². The SMILES string of the molecule is Cc1ccc(C(=O)c2cccc(OCC3CO3)c2C)cc1. The molecule has 1 fully saturated rings. The number of aryl methyl sites for hydroxylation is 1. The van der Waals surface area contributed by atoms with Gasteiger partial charge in [0.05, 0.1) is 6.61 Å². The first-order chi connectivity index (χ1) is 10.1. The second-order valence-corrected chi connectivity index (χ2v) is 5.39. The van der Waals surface area contributed by atoms with Crippen LogP contribution in [0.1, 0.15) is 27.0 Å². The van der Waals surface area contributed by atoms with E-state index >= 15 is 0 Å². The summed E-state index contributed by atoms with van der Waals surface area (Å²) in [6.45, 7) is 5.24. The zero-order chi connectivity index (χ0) is 14.8. The maximum Gasteiger partial charge on any atom is 0.193 e. The fourth-order valence-corrected chi connectivity index (χ4v) is 2.22. The van der Waals surface area contributed by atoms with Gasteiger partial charge in [0.15, 0.2) is 5.78 Å². The Bertz CT molecular complexity index is 655. The van der Waals surface area contributed by atoms with E-state index in [0.29, 0.717) is 17.7 Å². The highest BCUT2D eigenvalue weighted by Crippen LogP contribution is 2.25. The van der Waals surface area contributed by atoms with E-state index in [1.54, 1.807) is 0 Å². The number of ketones is 1. The monoisotopic (exact) mass is 282 g/mol. The largest absolute Gasteiger partial charge is 0.490 e. The third kappa shape index (κ3) is 3.14. The van der Waals surface area contributed by atoms with Crippen LogP contribution in [-0.2, 0) is 4.74 Å². The normalized spacial score (nSPS) is 16.6. The predicted octanol–water partition coefficient (Wildman–Crippen LogP) is 3.31. The minimum atomic E-state index is 0.0284. The first-order valence-electron chi connectivity index (χ1n) is 7.10. The molecule has 3 nitrogen and oxygen atoms in total. The molecular weight excluding hydrogens is 264 g/mol. The predicted molar refractivity (Wildman–Crippen MR) is 81.0 cm³/mol. The molecule has 2 aromatic rings. The molecule has 0 aliphatic carbocycles. The summed E-state index contributed by atoms with van der Waals surface area (Å²) < 4.78 is 10.9. The summed E-state index contributed by atoms with van der Waals surface area (Å²) in [5, 5.41) is 0. The van der Waals surface area contributed by atoms with E-state index in [0.717, 1.165) is 23.5 Å². The van der Waals surface area contributed by atoms with E-state index in [1.807, 2.05) is 56.3 Å². The third-order valence-electron chi connectivity index (χ3n) is 3.67. The van der Waals surface area contributed by atoms with E-state index in [9.17, 15) is 4.79 Å². The minimum absolute atomic E-state index is 0.0284. The van der Waals surface area contributed by atoms with Gasteiger partial charge in [0.1, 0.15) is 18.5 Å². The molecule has 0 spiro atoms. The van der Waals surface area contributed by atoms with E-state index in [4.69, 9.17) is 9.47 Å². The number of rotatable bonds is 5. The van der Waals surface area contributed by atoms with Gasteiger partial charge < -0.3 is 9.47 Å². The van der Waals surface area contributed by atoms with Gasteiger partial charge in [-0.3, -0.25) is 4.79 Å². The molecule has 3 heteroatoms. The Morgan fingerprint density at radius 1 is 1.19 bits per heavy atom. The maximum atomic E-state index is 12.6. The van der Waals surface area contributed by atoms with Crippen LogP contribution in [0.5, 0.6) is 5.75 Å². The summed E-state index contributed by atoms with van der Waals surface area (Å²) in [5.74, 6) is 0.782. The van der Waals surface area contributed by atoms with Gasteiger partial charge in [-0.05, 0) is 19.9 Å². The van der Waals surface area contributed by atoms with Crippen LogP contribution in [0.4, 0.5) is 0 Å². The first-order valence-corrected chi connectivity index (χ1v) is 7.10. The number of carbonyl (C=O) groups is 1. The van der Waals surface area contributed by atoms with Gasteiger partial charge in [-0.2, -0.15) is 0 Å². The van der Waals surface area contributed by atoms with Gasteiger partial charge in [-0.25, -0.2) is 0 Å². The highest BCUT2D eigenvalue weighted by atomic mass is 16.6. The van der Waals surface area contributed by atoms with Crippen LogP contribution in [0.2, 0.25) is 0 Å². The van der Waals surface area contributed by atoms with Crippen LogP contribution < -0.4 is 4.74 Å². The van der Waals surface area contributed by atoms with Crippen molar-refractivity contribution in [3.63, 3.8) is 0 Å². The van der Waals surface area contributed by atoms with Crippen molar-refractivity contribution in [1.29, 1.82) is 0 Å². The van der Waals surface area contributed by atoms with Crippen LogP contribution in [0, 0.1) is 13.8 Å². The molecule has 2 aromatic carbocycles. The van der Waals surface area contributed by atoms with Crippen LogP contribution in [-0.4, -0.2) is 25.1 Å². The highest BCUT2D eigenvalue weighted by molar-refractivity contribution is 6.10. The average Bonchev–Trinajstić information content (AvgIpc) is 3.30. The summed E-state index contributed by atoms with van der Waals surface area (Å²) >= 11 is 0. The fraction of sp³-hybridized carbons (Fsp3) is 0.278. The lowest BCUT2D eigenvalue weighted by Crippen LogP contribution is -2.08. The lowest BCUT2D eigenvalue weighted by Gasteiger charge is -2.11. The van der Waals surface area contributed by atoms with Gasteiger partial charge in [-0.15, -0.1) is 0 Å². The molecule has 1 aliphatic heterocycles. The molecule has 0 bridgehead atoms. The Morgan fingerprint density at radius 3 is 2.57 bits per heavy atom. The molecule has 1 unspecified atom stereocenters. The van der Waals surface area contributed by atoms with E-state index in [-0.39, 0.29) is 11.9 Å².